The van der Waals surface area contributed by atoms with Gasteiger partial charge in [0, 0.05) is 25.1 Å². The largest absolute Gasteiger partial charge is 0.430 e. The van der Waals surface area contributed by atoms with Crippen molar-refractivity contribution in [3.8, 4) is 0 Å². The molecule has 216 valence electrons. The summed E-state index contributed by atoms with van der Waals surface area (Å²) in [5, 5.41) is 12.4. The second-order valence-electron chi connectivity index (χ2n) is 9.35. The van der Waals surface area contributed by atoms with Gasteiger partial charge in [-0.3, -0.25) is 9.10 Å². The van der Waals surface area contributed by atoms with E-state index in [1.807, 2.05) is 0 Å². The molecule has 1 atom stereocenters. The van der Waals surface area contributed by atoms with E-state index in [4.69, 9.17) is 0 Å². The van der Waals surface area contributed by atoms with Gasteiger partial charge in [-0.1, -0.05) is 12.1 Å². The number of hydrogen-bond acceptors (Lipinski definition) is 5. The number of likely N-dealkylation sites (N-methyl/N-ethyl adjacent to an activating group) is 1. The van der Waals surface area contributed by atoms with Crippen molar-refractivity contribution in [2.45, 2.75) is 48.2 Å². The Morgan fingerprint density at radius 3 is 2.18 bits per heavy atom. The van der Waals surface area contributed by atoms with E-state index in [1.165, 1.54) is 0 Å². The number of aryl methyl sites for hydroxylation is 1. The van der Waals surface area contributed by atoms with Crippen LogP contribution < -0.4 is 9.62 Å². The summed E-state index contributed by atoms with van der Waals surface area (Å²) < 4.78 is 122. The second kappa shape index (κ2) is 10.9. The van der Waals surface area contributed by atoms with Crippen LogP contribution in [0.4, 0.5) is 36.4 Å². The smallest absolute Gasteiger partial charge is 0.369 e. The number of aliphatic hydroxyl groups is 1. The van der Waals surface area contributed by atoms with Gasteiger partial charge < -0.3 is 15.3 Å². The van der Waals surface area contributed by atoms with E-state index in [9.17, 15) is 49.1 Å². The predicted octanol–water partition coefficient (Wildman–Crippen LogP) is 3.72. The molecule has 1 aliphatic heterocycles. The van der Waals surface area contributed by atoms with Crippen molar-refractivity contribution in [3.05, 3.63) is 59.4 Å². The number of sulfonamides is 1. The van der Waals surface area contributed by atoms with Gasteiger partial charge in [-0.2, -0.15) is 26.3 Å². The summed E-state index contributed by atoms with van der Waals surface area (Å²) in [6.07, 6.45) is -12.9. The molecule has 0 aromatic heterocycles. The molecule has 39 heavy (non-hydrogen) atoms. The monoisotopic (exact) mass is 585 g/mol. The van der Waals surface area contributed by atoms with Crippen LogP contribution in [0.3, 0.4) is 0 Å². The number of hydrogen-bond donors (Lipinski definition) is 2. The van der Waals surface area contributed by atoms with Crippen molar-refractivity contribution in [1.82, 2.24) is 10.2 Å². The fourth-order valence-corrected chi connectivity index (χ4v) is 6.00. The summed E-state index contributed by atoms with van der Waals surface area (Å²) in [5.74, 6) is -1.27. The highest BCUT2D eigenvalue weighted by molar-refractivity contribution is 7.92. The van der Waals surface area contributed by atoms with E-state index in [2.05, 4.69) is 5.32 Å². The van der Waals surface area contributed by atoms with Gasteiger partial charge in [0.2, 0.25) is 5.91 Å². The Bertz CT molecular complexity index is 1280. The number of carbonyl (C=O) groups excluding carboxylic acids is 1. The maximum Gasteiger partial charge on any atom is 0.430 e. The van der Waals surface area contributed by atoms with Crippen molar-refractivity contribution in [3.63, 3.8) is 0 Å². The van der Waals surface area contributed by atoms with E-state index in [1.54, 1.807) is 19.0 Å². The van der Waals surface area contributed by atoms with Crippen LogP contribution in [0.2, 0.25) is 0 Å². The SMILES string of the molecule is CN(C)CCNC(=O)CC1CCc2cc(C(O)(C(F)(F)F)C(F)(F)F)ccc2N1S(=O)(=O)c1ccc(F)cc1. The molecule has 1 amide bonds. The molecule has 15 heteroatoms. The van der Waals surface area contributed by atoms with Crippen LogP contribution >= 0.6 is 0 Å². The molecule has 0 radical (unpaired) electrons. The quantitative estimate of drug-likeness (QED) is 0.462. The fourth-order valence-electron chi connectivity index (χ4n) is 4.29. The van der Waals surface area contributed by atoms with Gasteiger partial charge in [0.25, 0.3) is 15.6 Å². The van der Waals surface area contributed by atoms with E-state index < -0.39 is 56.2 Å². The van der Waals surface area contributed by atoms with Crippen LogP contribution in [0.15, 0.2) is 47.4 Å². The van der Waals surface area contributed by atoms with Gasteiger partial charge in [0.1, 0.15) is 5.82 Å². The highest BCUT2D eigenvalue weighted by Crippen LogP contribution is 2.51. The van der Waals surface area contributed by atoms with E-state index >= 15 is 0 Å². The van der Waals surface area contributed by atoms with Crippen LogP contribution in [0, 0.1) is 5.82 Å². The molecule has 0 bridgehead atoms. The maximum atomic E-state index is 13.6. The van der Waals surface area contributed by atoms with Crippen LogP contribution in [0.5, 0.6) is 0 Å². The topological polar surface area (TPSA) is 90.0 Å². The fraction of sp³-hybridized carbons (Fsp3) is 0.458. The molecule has 0 fully saturated rings. The molecule has 2 N–H and O–H groups in total. The van der Waals surface area contributed by atoms with E-state index in [0.717, 1.165) is 34.6 Å². The molecule has 0 aliphatic carbocycles. The second-order valence-corrected chi connectivity index (χ2v) is 11.2. The minimum atomic E-state index is -6.12. The minimum Gasteiger partial charge on any atom is -0.369 e. The third-order valence-electron chi connectivity index (χ3n) is 6.31. The Morgan fingerprint density at radius 2 is 1.64 bits per heavy atom. The zero-order valence-electron chi connectivity index (χ0n) is 20.8. The number of nitrogens with zero attached hydrogens (tertiary/aromatic N) is 2. The molecule has 1 heterocycles. The molecule has 2 aromatic carbocycles. The standard InChI is InChI=1S/C24H26F7N3O4S/c1-33(2)12-11-32-21(35)14-18-7-3-15-13-16(22(36,23(26,27)28)24(29,30)31)4-10-20(15)34(18)39(37,38)19-8-5-17(25)6-9-19/h4-6,8-10,13,18,36H,3,7,11-12,14H2,1-2H3,(H,32,35). The normalized spacial score (nSPS) is 16.8. The Hall–Kier alpha value is -2.91. The number of benzene rings is 2. The predicted molar refractivity (Wildman–Crippen MR) is 127 cm³/mol. The first-order valence-electron chi connectivity index (χ1n) is 11.6. The summed E-state index contributed by atoms with van der Waals surface area (Å²) in [6, 6.07) is 4.16. The molecule has 3 rings (SSSR count). The van der Waals surface area contributed by atoms with E-state index in [-0.39, 0.29) is 37.1 Å². The lowest BCUT2D eigenvalue weighted by Crippen LogP contribution is -2.54. The number of anilines is 1. The average molecular weight is 586 g/mol. The summed E-state index contributed by atoms with van der Waals surface area (Å²) in [7, 11) is -1.01. The minimum absolute atomic E-state index is 0.131. The van der Waals surface area contributed by atoms with Gasteiger partial charge in [0.15, 0.2) is 0 Å². The van der Waals surface area contributed by atoms with Crippen molar-refractivity contribution >= 4 is 21.6 Å². The highest BCUT2D eigenvalue weighted by Gasteiger charge is 2.71. The molecular formula is C24H26F7N3O4S. The summed E-state index contributed by atoms with van der Waals surface area (Å²) >= 11 is 0. The van der Waals surface area contributed by atoms with Crippen molar-refractivity contribution in [1.29, 1.82) is 0 Å². The van der Waals surface area contributed by atoms with Crippen LogP contribution in [-0.2, 0) is 26.8 Å². The van der Waals surface area contributed by atoms with Crippen LogP contribution in [0.25, 0.3) is 0 Å². The number of halogens is 7. The Labute approximate surface area is 220 Å². The zero-order valence-corrected chi connectivity index (χ0v) is 21.6. The van der Waals surface area contributed by atoms with Crippen LogP contribution in [0.1, 0.15) is 24.0 Å². The number of nitrogens with one attached hydrogen (secondary N) is 1. The van der Waals surface area contributed by atoms with Crippen molar-refractivity contribution in [2.75, 3.05) is 31.5 Å². The molecule has 0 spiro atoms. The number of rotatable bonds is 8. The summed E-state index contributed by atoms with van der Waals surface area (Å²) in [6.45, 7) is 0.734. The lowest BCUT2D eigenvalue weighted by molar-refractivity contribution is -0.376. The zero-order chi connectivity index (χ0) is 29.4. The lowest BCUT2D eigenvalue weighted by atomic mass is 9.87. The van der Waals surface area contributed by atoms with Crippen molar-refractivity contribution in [2.24, 2.45) is 0 Å². The Kier molecular flexibility index (Phi) is 8.58. The molecule has 1 aliphatic rings. The van der Waals surface area contributed by atoms with Gasteiger partial charge >= 0.3 is 12.4 Å². The first kappa shape index (κ1) is 30.6. The Morgan fingerprint density at radius 1 is 1.05 bits per heavy atom. The molecular weight excluding hydrogens is 559 g/mol. The summed E-state index contributed by atoms with van der Waals surface area (Å²) in [4.78, 5) is 14.0. The highest BCUT2D eigenvalue weighted by atomic mass is 32.2. The average Bonchev–Trinajstić information content (AvgIpc) is 2.81. The van der Waals surface area contributed by atoms with Crippen LogP contribution in [-0.4, -0.2) is 69.9 Å². The maximum absolute atomic E-state index is 13.6. The molecule has 0 saturated carbocycles. The number of amides is 1. The number of carbonyl (C=O) groups is 1. The molecule has 7 nitrogen and oxygen atoms in total. The van der Waals surface area contributed by atoms with Gasteiger partial charge in [-0.15, -0.1) is 0 Å². The number of alkyl halides is 6. The van der Waals surface area contributed by atoms with Crippen molar-refractivity contribution < 1.29 is 49.1 Å². The first-order valence-corrected chi connectivity index (χ1v) is 13.0. The molecule has 0 saturated heterocycles. The van der Waals surface area contributed by atoms with Gasteiger partial charge in [0.05, 0.1) is 16.6 Å². The van der Waals surface area contributed by atoms with Gasteiger partial charge in [-0.05, 0) is 62.8 Å². The van der Waals surface area contributed by atoms with Gasteiger partial charge in [-0.25, -0.2) is 12.8 Å². The molecule has 1 unspecified atom stereocenters. The van der Waals surface area contributed by atoms with E-state index in [0.29, 0.717) is 18.7 Å². The third kappa shape index (κ3) is 6.14. The number of fused-ring (bicyclic) bond motifs is 1. The first-order chi connectivity index (χ1) is 17.9. The molecule has 2 aromatic rings. The summed E-state index contributed by atoms with van der Waals surface area (Å²) in [5.41, 5.74) is -7.19. The Balaban J connectivity index is 2.09. The third-order valence-corrected chi connectivity index (χ3v) is 8.19. The lowest BCUT2D eigenvalue weighted by Gasteiger charge is -2.39.